The average molecular weight is 419 g/mol. The number of sulfonamides is 1. The number of carbonyl (C=O) groups excluding carboxylic acids is 1. The zero-order chi connectivity index (χ0) is 20.1. The molecule has 0 radical (unpaired) electrons. The van der Waals surface area contributed by atoms with Gasteiger partial charge in [-0.3, -0.25) is 4.79 Å². The van der Waals surface area contributed by atoms with E-state index in [1.807, 2.05) is 38.1 Å². The van der Waals surface area contributed by atoms with Crippen molar-refractivity contribution < 1.29 is 17.9 Å². The highest BCUT2D eigenvalue weighted by molar-refractivity contribution is 7.89. The summed E-state index contributed by atoms with van der Waals surface area (Å²) in [4.78, 5) is 16.5. The third-order valence-corrected chi connectivity index (χ3v) is 6.66. The van der Waals surface area contributed by atoms with Gasteiger partial charge in [-0.1, -0.05) is 38.1 Å². The largest absolute Gasteiger partial charge is 0.458 e. The van der Waals surface area contributed by atoms with E-state index in [9.17, 15) is 13.2 Å². The predicted molar refractivity (Wildman–Crippen MR) is 110 cm³/mol. The Kier molecular flexibility index (Phi) is 6.43. The van der Waals surface area contributed by atoms with Crippen molar-refractivity contribution in [2.45, 2.75) is 37.7 Å². The van der Waals surface area contributed by atoms with Gasteiger partial charge in [0, 0.05) is 6.54 Å². The van der Waals surface area contributed by atoms with Crippen molar-refractivity contribution in [3.63, 3.8) is 0 Å². The smallest absolute Gasteiger partial charge is 0.307 e. The molecule has 3 rings (SSSR count). The monoisotopic (exact) mass is 418 g/mol. The molecular formula is C20H22N2O4S2. The van der Waals surface area contributed by atoms with E-state index < -0.39 is 16.0 Å². The number of hydrogen-bond acceptors (Lipinski definition) is 6. The fraction of sp³-hybridized carbons (Fsp3) is 0.300. The second kappa shape index (κ2) is 8.81. The maximum atomic E-state index is 12.3. The molecule has 2 aromatic carbocycles. The summed E-state index contributed by atoms with van der Waals surface area (Å²) in [5, 5.41) is 0.709. The van der Waals surface area contributed by atoms with E-state index in [-0.39, 0.29) is 24.5 Å². The van der Waals surface area contributed by atoms with E-state index in [0.29, 0.717) is 10.9 Å². The van der Waals surface area contributed by atoms with Crippen LogP contribution in [-0.4, -0.2) is 25.9 Å². The number of fused-ring (bicyclic) bond motifs is 1. The van der Waals surface area contributed by atoms with Crippen molar-refractivity contribution in [2.24, 2.45) is 0 Å². The van der Waals surface area contributed by atoms with Gasteiger partial charge in [-0.2, -0.15) is 0 Å². The maximum Gasteiger partial charge on any atom is 0.307 e. The lowest BCUT2D eigenvalue weighted by Crippen LogP contribution is -2.26. The summed E-state index contributed by atoms with van der Waals surface area (Å²) < 4.78 is 33.3. The molecule has 6 nitrogen and oxygen atoms in total. The van der Waals surface area contributed by atoms with Crippen LogP contribution >= 0.6 is 11.3 Å². The lowest BCUT2D eigenvalue weighted by atomic mass is 10.0. The van der Waals surface area contributed by atoms with E-state index in [1.165, 1.54) is 11.3 Å². The number of para-hydroxylation sites is 1. The first kappa shape index (κ1) is 20.4. The summed E-state index contributed by atoms with van der Waals surface area (Å²) in [6.07, 6.45) is -0.0474. The zero-order valence-electron chi connectivity index (χ0n) is 15.7. The summed E-state index contributed by atoms with van der Waals surface area (Å²) in [5.41, 5.74) is 1.94. The van der Waals surface area contributed by atoms with Crippen LogP contribution in [0, 0.1) is 0 Å². The standard InChI is InChI=1S/C20H22N2O4S2/c1-14(2)15-7-9-16(10-8-15)28(24,25)21-12-11-20(23)26-13-19-22-17-5-3-4-6-18(17)27-19/h3-10,14,21H,11-13H2,1-2H3. The topological polar surface area (TPSA) is 85.4 Å². The molecular weight excluding hydrogens is 396 g/mol. The molecule has 0 amide bonds. The molecule has 0 aliphatic carbocycles. The molecule has 1 N–H and O–H groups in total. The molecule has 0 saturated heterocycles. The zero-order valence-corrected chi connectivity index (χ0v) is 17.3. The van der Waals surface area contributed by atoms with Gasteiger partial charge < -0.3 is 4.74 Å². The van der Waals surface area contributed by atoms with Gasteiger partial charge in [0.25, 0.3) is 0 Å². The number of thiazole rings is 1. The molecule has 0 spiro atoms. The van der Waals surface area contributed by atoms with Gasteiger partial charge in [-0.15, -0.1) is 11.3 Å². The first-order chi connectivity index (χ1) is 13.3. The van der Waals surface area contributed by atoms with Gasteiger partial charge in [0.1, 0.15) is 11.6 Å². The highest BCUT2D eigenvalue weighted by Crippen LogP contribution is 2.22. The molecule has 0 aliphatic heterocycles. The summed E-state index contributed by atoms with van der Waals surface area (Å²) in [6.45, 7) is 4.15. The highest BCUT2D eigenvalue weighted by atomic mass is 32.2. The van der Waals surface area contributed by atoms with Crippen LogP contribution in [-0.2, 0) is 26.2 Å². The number of benzene rings is 2. The quantitative estimate of drug-likeness (QED) is 0.562. The van der Waals surface area contributed by atoms with Crippen molar-refractivity contribution in [2.75, 3.05) is 6.54 Å². The Balaban J connectivity index is 1.47. The van der Waals surface area contributed by atoms with Gasteiger partial charge >= 0.3 is 5.97 Å². The van der Waals surface area contributed by atoms with E-state index in [4.69, 9.17) is 4.74 Å². The van der Waals surface area contributed by atoms with Crippen molar-refractivity contribution in [1.82, 2.24) is 9.71 Å². The summed E-state index contributed by atoms with van der Waals surface area (Å²) in [5.74, 6) is -0.146. The van der Waals surface area contributed by atoms with Crippen molar-refractivity contribution in [3.05, 3.63) is 59.1 Å². The van der Waals surface area contributed by atoms with Crippen LogP contribution < -0.4 is 4.72 Å². The van der Waals surface area contributed by atoms with Gasteiger partial charge in [-0.25, -0.2) is 18.1 Å². The number of nitrogens with zero attached hydrogens (tertiary/aromatic N) is 1. The first-order valence-corrected chi connectivity index (χ1v) is 11.2. The van der Waals surface area contributed by atoms with Crippen LogP contribution in [0.5, 0.6) is 0 Å². The number of hydrogen-bond donors (Lipinski definition) is 1. The Hall–Kier alpha value is -2.29. The van der Waals surface area contributed by atoms with Crippen LogP contribution in [0.15, 0.2) is 53.4 Å². The van der Waals surface area contributed by atoms with E-state index >= 15 is 0 Å². The van der Waals surface area contributed by atoms with Gasteiger partial charge in [0.2, 0.25) is 10.0 Å². The van der Waals surface area contributed by atoms with Crippen molar-refractivity contribution >= 4 is 37.5 Å². The molecule has 1 aromatic heterocycles. The maximum absolute atomic E-state index is 12.3. The van der Waals surface area contributed by atoms with Gasteiger partial charge in [-0.05, 0) is 35.7 Å². The molecule has 1 heterocycles. The molecule has 0 aliphatic rings. The predicted octanol–water partition coefficient (Wildman–Crippen LogP) is 3.83. The summed E-state index contributed by atoms with van der Waals surface area (Å²) >= 11 is 1.47. The van der Waals surface area contributed by atoms with Crippen molar-refractivity contribution in [1.29, 1.82) is 0 Å². The molecule has 28 heavy (non-hydrogen) atoms. The second-order valence-electron chi connectivity index (χ2n) is 6.61. The number of nitrogens with one attached hydrogen (secondary N) is 1. The van der Waals surface area contributed by atoms with Crippen LogP contribution in [0.25, 0.3) is 10.2 Å². The summed E-state index contributed by atoms with van der Waals surface area (Å²) in [6, 6.07) is 14.4. The number of esters is 1. The Morgan fingerprint density at radius 3 is 2.54 bits per heavy atom. The minimum absolute atomic E-state index is 0.0209. The summed E-state index contributed by atoms with van der Waals surface area (Å²) in [7, 11) is -3.65. The fourth-order valence-corrected chi connectivity index (χ4v) is 4.51. The second-order valence-corrected chi connectivity index (χ2v) is 9.49. The molecule has 0 bridgehead atoms. The van der Waals surface area contributed by atoms with Gasteiger partial charge in [0.05, 0.1) is 21.5 Å². The third-order valence-electron chi connectivity index (χ3n) is 4.17. The number of ether oxygens (including phenoxy) is 1. The SMILES string of the molecule is CC(C)c1ccc(S(=O)(=O)NCCC(=O)OCc2nc3ccccc3s2)cc1. The van der Waals surface area contributed by atoms with Gasteiger partial charge in [0.15, 0.2) is 0 Å². The van der Waals surface area contributed by atoms with Crippen LogP contribution in [0.1, 0.15) is 36.8 Å². The van der Waals surface area contributed by atoms with Crippen LogP contribution in [0.4, 0.5) is 0 Å². The minimum atomic E-state index is -3.65. The van der Waals surface area contributed by atoms with E-state index in [0.717, 1.165) is 15.8 Å². The highest BCUT2D eigenvalue weighted by Gasteiger charge is 2.15. The molecule has 0 unspecified atom stereocenters. The lowest BCUT2D eigenvalue weighted by Gasteiger charge is -2.09. The normalized spacial score (nSPS) is 11.8. The first-order valence-electron chi connectivity index (χ1n) is 8.95. The third kappa shape index (κ3) is 5.15. The van der Waals surface area contributed by atoms with Crippen LogP contribution in [0.3, 0.4) is 0 Å². The number of carbonyl (C=O) groups is 1. The fourth-order valence-electron chi connectivity index (χ4n) is 2.60. The minimum Gasteiger partial charge on any atom is -0.458 e. The van der Waals surface area contributed by atoms with E-state index in [1.54, 1.807) is 24.3 Å². The Morgan fingerprint density at radius 1 is 1.14 bits per heavy atom. The molecule has 8 heteroatoms. The molecule has 0 saturated carbocycles. The number of aromatic nitrogens is 1. The number of rotatable bonds is 8. The average Bonchev–Trinajstić information content (AvgIpc) is 3.09. The Labute approximate surface area is 168 Å². The van der Waals surface area contributed by atoms with Crippen molar-refractivity contribution in [3.8, 4) is 0 Å². The Morgan fingerprint density at radius 2 is 1.86 bits per heavy atom. The molecule has 148 valence electrons. The van der Waals surface area contributed by atoms with Crippen LogP contribution in [0.2, 0.25) is 0 Å². The lowest BCUT2D eigenvalue weighted by molar-refractivity contribution is -0.144. The van der Waals surface area contributed by atoms with E-state index in [2.05, 4.69) is 9.71 Å². The molecule has 0 atom stereocenters. The molecule has 0 fully saturated rings. The molecule has 3 aromatic rings. The Bertz CT molecular complexity index is 1020.